The summed E-state index contributed by atoms with van der Waals surface area (Å²) in [4.78, 5) is 4.69. The van der Waals surface area contributed by atoms with Gasteiger partial charge in [-0.05, 0) is 28.8 Å². The van der Waals surface area contributed by atoms with Gasteiger partial charge in [-0.2, -0.15) is 9.61 Å². The van der Waals surface area contributed by atoms with Crippen molar-refractivity contribution in [2.75, 3.05) is 5.73 Å². The molecule has 0 radical (unpaired) electrons. The molecule has 0 saturated heterocycles. The summed E-state index contributed by atoms with van der Waals surface area (Å²) in [5.41, 5.74) is 7.96. The second-order valence-electron chi connectivity index (χ2n) is 4.67. The summed E-state index contributed by atoms with van der Waals surface area (Å²) < 4.78 is 2.58. The van der Waals surface area contributed by atoms with Crippen LogP contribution in [0.25, 0.3) is 5.65 Å². The predicted molar refractivity (Wildman–Crippen MR) is 70.9 cm³/mol. The molecule has 0 amide bonds. The topological polar surface area (TPSA) is 56.2 Å². The van der Waals surface area contributed by atoms with Gasteiger partial charge in [0.1, 0.15) is 5.82 Å². The molecular weight excluding hydrogens is 280 g/mol. The molecule has 1 saturated carbocycles. The van der Waals surface area contributed by atoms with Crippen LogP contribution in [0.4, 0.5) is 5.82 Å². The Morgan fingerprint density at radius 1 is 1.29 bits per heavy atom. The second-order valence-corrected chi connectivity index (χ2v) is 5.52. The molecule has 0 aromatic carbocycles. The van der Waals surface area contributed by atoms with Gasteiger partial charge in [0.25, 0.3) is 0 Å². The van der Waals surface area contributed by atoms with Crippen LogP contribution in [0.5, 0.6) is 0 Å². The van der Waals surface area contributed by atoms with Crippen LogP contribution in [0.1, 0.15) is 43.7 Å². The van der Waals surface area contributed by atoms with Crippen molar-refractivity contribution in [2.45, 2.75) is 38.0 Å². The van der Waals surface area contributed by atoms with E-state index in [-0.39, 0.29) is 0 Å². The highest BCUT2D eigenvalue weighted by Gasteiger charge is 2.19. The molecule has 1 aliphatic rings. The Balaban J connectivity index is 2.07. The summed E-state index contributed by atoms with van der Waals surface area (Å²) in [7, 11) is 0. The Kier molecular flexibility index (Phi) is 2.78. The average Bonchev–Trinajstić information content (AvgIpc) is 2.73. The normalized spacial score (nSPS) is 17.7. The van der Waals surface area contributed by atoms with Crippen LogP contribution < -0.4 is 5.73 Å². The van der Waals surface area contributed by atoms with Gasteiger partial charge in [-0.3, -0.25) is 0 Å². The minimum Gasteiger partial charge on any atom is -0.384 e. The smallest absolute Gasteiger partial charge is 0.171 e. The Morgan fingerprint density at radius 3 is 2.82 bits per heavy atom. The maximum Gasteiger partial charge on any atom is 0.171 e. The van der Waals surface area contributed by atoms with Crippen LogP contribution in [-0.2, 0) is 0 Å². The standard InChI is InChI=1S/C12H15BrN4/c13-9-7-15-17-11(14)6-10(16-12(9)17)8-4-2-1-3-5-8/h6-8H,1-5,14H2. The first-order valence-corrected chi connectivity index (χ1v) is 6.84. The molecule has 90 valence electrons. The molecule has 0 aliphatic heterocycles. The molecule has 17 heavy (non-hydrogen) atoms. The molecule has 2 heterocycles. The molecule has 0 atom stereocenters. The van der Waals surface area contributed by atoms with Gasteiger partial charge in [0.05, 0.1) is 10.7 Å². The van der Waals surface area contributed by atoms with Gasteiger partial charge in [0, 0.05) is 17.7 Å². The average molecular weight is 295 g/mol. The minimum absolute atomic E-state index is 0.567. The van der Waals surface area contributed by atoms with E-state index < -0.39 is 0 Å². The van der Waals surface area contributed by atoms with Gasteiger partial charge in [-0.1, -0.05) is 19.3 Å². The van der Waals surface area contributed by atoms with Crippen molar-refractivity contribution >= 4 is 27.4 Å². The van der Waals surface area contributed by atoms with Crippen LogP contribution in [0, 0.1) is 0 Å². The molecule has 2 aromatic heterocycles. The third-order valence-corrected chi connectivity index (χ3v) is 4.06. The summed E-state index contributed by atoms with van der Waals surface area (Å²) in [6, 6.07) is 1.97. The van der Waals surface area contributed by atoms with E-state index in [0.29, 0.717) is 11.7 Å². The maximum atomic E-state index is 6.02. The predicted octanol–water partition coefficient (Wildman–Crippen LogP) is 3.12. The first-order valence-electron chi connectivity index (χ1n) is 6.05. The number of nitrogens with two attached hydrogens (primary N) is 1. The van der Waals surface area contributed by atoms with Crippen molar-refractivity contribution in [2.24, 2.45) is 0 Å². The zero-order valence-electron chi connectivity index (χ0n) is 9.56. The van der Waals surface area contributed by atoms with Gasteiger partial charge in [0.15, 0.2) is 5.65 Å². The number of nitrogens with zero attached hydrogens (tertiary/aromatic N) is 3. The fourth-order valence-corrected chi connectivity index (χ4v) is 2.93. The Hall–Kier alpha value is -1.10. The van der Waals surface area contributed by atoms with Gasteiger partial charge >= 0.3 is 0 Å². The van der Waals surface area contributed by atoms with Crippen molar-refractivity contribution in [1.82, 2.24) is 14.6 Å². The number of aromatic nitrogens is 3. The molecule has 1 fully saturated rings. The third kappa shape index (κ3) is 1.92. The molecular formula is C12H15BrN4. The van der Waals surface area contributed by atoms with Crippen molar-refractivity contribution in [3.8, 4) is 0 Å². The Bertz CT molecular complexity index is 543. The van der Waals surface area contributed by atoms with Crippen molar-refractivity contribution in [3.63, 3.8) is 0 Å². The quantitative estimate of drug-likeness (QED) is 0.879. The highest BCUT2D eigenvalue weighted by molar-refractivity contribution is 9.10. The van der Waals surface area contributed by atoms with Crippen LogP contribution in [0.2, 0.25) is 0 Å². The van der Waals surface area contributed by atoms with E-state index in [4.69, 9.17) is 10.7 Å². The zero-order valence-corrected chi connectivity index (χ0v) is 11.2. The minimum atomic E-state index is 0.567. The fourth-order valence-electron chi connectivity index (χ4n) is 2.59. The van der Waals surface area contributed by atoms with Crippen molar-refractivity contribution in [1.29, 1.82) is 0 Å². The van der Waals surface area contributed by atoms with Crippen LogP contribution in [0.3, 0.4) is 0 Å². The number of halogens is 1. The number of hydrogen-bond acceptors (Lipinski definition) is 3. The van der Waals surface area contributed by atoms with Crippen molar-refractivity contribution < 1.29 is 0 Å². The van der Waals surface area contributed by atoms with E-state index in [9.17, 15) is 0 Å². The number of rotatable bonds is 1. The molecule has 4 nitrogen and oxygen atoms in total. The van der Waals surface area contributed by atoms with E-state index in [1.54, 1.807) is 10.7 Å². The van der Waals surface area contributed by atoms with E-state index in [1.807, 2.05) is 6.07 Å². The summed E-state index contributed by atoms with van der Waals surface area (Å²) in [6.07, 6.45) is 8.16. The lowest BCUT2D eigenvalue weighted by atomic mass is 9.87. The summed E-state index contributed by atoms with van der Waals surface area (Å²) in [5.74, 6) is 1.24. The summed E-state index contributed by atoms with van der Waals surface area (Å²) in [5, 5.41) is 4.19. The second kappa shape index (κ2) is 4.29. The van der Waals surface area contributed by atoms with E-state index in [1.165, 1.54) is 32.1 Å². The van der Waals surface area contributed by atoms with Crippen LogP contribution in [0.15, 0.2) is 16.7 Å². The molecule has 2 N–H and O–H groups in total. The molecule has 5 heteroatoms. The lowest BCUT2D eigenvalue weighted by molar-refractivity contribution is 0.437. The van der Waals surface area contributed by atoms with Gasteiger partial charge in [-0.25, -0.2) is 4.98 Å². The number of nitrogen functional groups attached to an aromatic ring is 1. The zero-order chi connectivity index (χ0) is 11.8. The van der Waals surface area contributed by atoms with E-state index in [2.05, 4.69) is 21.0 Å². The summed E-state index contributed by atoms with van der Waals surface area (Å²) in [6.45, 7) is 0. The summed E-state index contributed by atoms with van der Waals surface area (Å²) >= 11 is 3.46. The molecule has 3 rings (SSSR count). The highest BCUT2D eigenvalue weighted by Crippen LogP contribution is 2.33. The van der Waals surface area contributed by atoms with Crippen molar-refractivity contribution in [3.05, 3.63) is 22.4 Å². The van der Waals surface area contributed by atoms with E-state index >= 15 is 0 Å². The first-order chi connectivity index (χ1) is 8.25. The van der Waals surface area contributed by atoms with Gasteiger partial charge in [-0.15, -0.1) is 0 Å². The molecule has 0 spiro atoms. The molecule has 0 unspecified atom stereocenters. The Morgan fingerprint density at radius 2 is 2.06 bits per heavy atom. The monoisotopic (exact) mass is 294 g/mol. The van der Waals surface area contributed by atoms with Gasteiger partial charge in [0.2, 0.25) is 0 Å². The number of anilines is 1. The Labute approximate surface area is 108 Å². The first kappa shape index (κ1) is 11.0. The van der Waals surface area contributed by atoms with Crippen LogP contribution in [-0.4, -0.2) is 14.6 Å². The lowest BCUT2D eigenvalue weighted by Crippen LogP contribution is -2.09. The SMILES string of the molecule is Nc1cc(C2CCCCC2)nc2c(Br)cnn12. The highest BCUT2D eigenvalue weighted by atomic mass is 79.9. The maximum absolute atomic E-state index is 6.02. The molecule has 1 aliphatic carbocycles. The largest absolute Gasteiger partial charge is 0.384 e. The fraction of sp³-hybridized carbons (Fsp3) is 0.500. The van der Waals surface area contributed by atoms with Crippen LogP contribution >= 0.6 is 15.9 Å². The van der Waals surface area contributed by atoms with E-state index in [0.717, 1.165) is 15.8 Å². The lowest BCUT2D eigenvalue weighted by Gasteiger charge is -2.21. The molecule has 0 bridgehead atoms. The number of fused-ring (bicyclic) bond motifs is 1. The number of hydrogen-bond donors (Lipinski definition) is 1. The molecule has 2 aromatic rings. The third-order valence-electron chi connectivity index (χ3n) is 3.50. The van der Waals surface area contributed by atoms with Gasteiger partial charge < -0.3 is 5.73 Å².